The molecule has 1 nitrogen and oxygen atoms in total. The quantitative estimate of drug-likeness (QED) is 0.539. The molecule has 124 valence electrons. The Kier molecular flexibility index (Phi) is 5.46. The standard InChI is InChI=1S/C23H27N/c1-7-8-21(18(5)22-13-15(2)9-10-16(22)3)20-12-11-17(4)23(14-20)19(6)24/h7-14H,6,24H2,1-5H3/b8-7-,21-18-. The van der Waals surface area contributed by atoms with Crippen molar-refractivity contribution >= 4 is 16.8 Å². The van der Waals surface area contributed by atoms with Gasteiger partial charge in [0, 0.05) is 11.3 Å². The van der Waals surface area contributed by atoms with E-state index in [4.69, 9.17) is 5.73 Å². The van der Waals surface area contributed by atoms with Crippen LogP contribution in [0.1, 0.15) is 47.2 Å². The Balaban J connectivity index is 2.71. The van der Waals surface area contributed by atoms with Gasteiger partial charge in [-0.1, -0.05) is 54.6 Å². The summed E-state index contributed by atoms with van der Waals surface area (Å²) in [4.78, 5) is 0. The van der Waals surface area contributed by atoms with Gasteiger partial charge in [-0.15, -0.1) is 0 Å². The first kappa shape index (κ1) is 17.8. The summed E-state index contributed by atoms with van der Waals surface area (Å²) in [6, 6.07) is 13.0. The fourth-order valence-corrected chi connectivity index (χ4v) is 3.02. The number of nitrogens with two attached hydrogens (primary N) is 1. The normalized spacial score (nSPS) is 12.4. The molecule has 0 aliphatic carbocycles. The Morgan fingerprint density at radius 1 is 0.958 bits per heavy atom. The van der Waals surface area contributed by atoms with Gasteiger partial charge in [-0.05, 0) is 74.1 Å². The number of hydrogen-bond acceptors (Lipinski definition) is 1. The lowest BCUT2D eigenvalue weighted by molar-refractivity contribution is 1.35. The first-order chi connectivity index (χ1) is 11.3. The average Bonchev–Trinajstić information content (AvgIpc) is 2.54. The highest BCUT2D eigenvalue weighted by Crippen LogP contribution is 2.31. The first-order valence-corrected chi connectivity index (χ1v) is 8.32. The van der Waals surface area contributed by atoms with E-state index in [-0.39, 0.29) is 0 Å². The number of hydrogen-bond donors (Lipinski definition) is 1. The summed E-state index contributed by atoms with van der Waals surface area (Å²) in [5.74, 6) is 0. The molecule has 0 atom stereocenters. The molecule has 2 aromatic rings. The summed E-state index contributed by atoms with van der Waals surface area (Å²) in [5.41, 5.74) is 16.2. The van der Waals surface area contributed by atoms with E-state index in [9.17, 15) is 0 Å². The van der Waals surface area contributed by atoms with Gasteiger partial charge < -0.3 is 5.73 Å². The molecule has 0 saturated carbocycles. The van der Waals surface area contributed by atoms with Crippen molar-refractivity contribution in [1.29, 1.82) is 0 Å². The molecule has 0 unspecified atom stereocenters. The zero-order chi connectivity index (χ0) is 17.9. The van der Waals surface area contributed by atoms with Crippen molar-refractivity contribution in [2.45, 2.75) is 34.6 Å². The van der Waals surface area contributed by atoms with Crippen LogP contribution in [0.5, 0.6) is 0 Å². The fraction of sp³-hybridized carbons (Fsp3) is 0.217. The summed E-state index contributed by atoms with van der Waals surface area (Å²) >= 11 is 0. The molecule has 0 fully saturated rings. The Labute approximate surface area is 146 Å². The second-order valence-electron chi connectivity index (χ2n) is 6.41. The lowest BCUT2D eigenvalue weighted by Gasteiger charge is -2.15. The Morgan fingerprint density at radius 3 is 2.21 bits per heavy atom. The minimum atomic E-state index is 0.610. The van der Waals surface area contributed by atoms with Gasteiger partial charge in [0.25, 0.3) is 0 Å². The van der Waals surface area contributed by atoms with E-state index in [2.05, 4.69) is 82.8 Å². The minimum absolute atomic E-state index is 0.610. The van der Waals surface area contributed by atoms with Crippen LogP contribution in [0.4, 0.5) is 0 Å². The number of allylic oxidation sites excluding steroid dienone is 4. The molecular weight excluding hydrogens is 290 g/mol. The molecule has 0 aromatic heterocycles. The predicted octanol–water partition coefficient (Wildman–Crippen LogP) is 6.05. The van der Waals surface area contributed by atoms with Crippen LogP contribution >= 0.6 is 0 Å². The smallest absolute Gasteiger partial charge is 0.0317 e. The second-order valence-corrected chi connectivity index (χ2v) is 6.41. The maximum Gasteiger partial charge on any atom is 0.0317 e. The highest BCUT2D eigenvalue weighted by atomic mass is 14.6. The highest BCUT2D eigenvalue weighted by Gasteiger charge is 2.10. The number of rotatable bonds is 4. The van der Waals surface area contributed by atoms with Crippen LogP contribution in [0.2, 0.25) is 0 Å². The Morgan fingerprint density at radius 2 is 1.58 bits per heavy atom. The van der Waals surface area contributed by atoms with E-state index in [1.54, 1.807) is 0 Å². The van der Waals surface area contributed by atoms with E-state index in [0.29, 0.717) is 5.70 Å². The van der Waals surface area contributed by atoms with E-state index >= 15 is 0 Å². The largest absolute Gasteiger partial charge is 0.399 e. The maximum absolute atomic E-state index is 5.96. The zero-order valence-corrected chi connectivity index (χ0v) is 15.4. The van der Waals surface area contributed by atoms with E-state index in [0.717, 1.165) is 11.1 Å². The molecule has 0 radical (unpaired) electrons. The molecule has 2 aromatic carbocycles. The molecule has 0 aliphatic heterocycles. The summed E-state index contributed by atoms with van der Waals surface area (Å²) in [7, 11) is 0. The Hall–Kier alpha value is -2.54. The molecular formula is C23H27N. The predicted molar refractivity (Wildman–Crippen MR) is 108 cm³/mol. The van der Waals surface area contributed by atoms with Crippen molar-refractivity contribution in [2.24, 2.45) is 5.73 Å². The maximum atomic E-state index is 5.96. The number of benzene rings is 2. The van der Waals surface area contributed by atoms with Gasteiger partial charge >= 0.3 is 0 Å². The third-order valence-electron chi connectivity index (χ3n) is 4.43. The van der Waals surface area contributed by atoms with Gasteiger partial charge in [-0.3, -0.25) is 0 Å². The second kappa shape index (κ2) is 7.35. The molecule has 0 bridgehead atoms. The van der Waals surface area contributed by atoms with Gasteiger partial charge in [0.05, 0.1) is 0 Å². The van der Waals surface area contributed by atoms with E-state index in [1.807, 2.05) is 6.92 Å². The Bertz CT molecular complexity index is 835. The molecule has 0 amide bonds. The van der Waals surface area contributed by atoms with Crippen LogP contribution in [0, 0.1) is 20.8 Å². The molecule has 1 heteroatoms. The van der Waals surface area contributed by atoms with E-state index < -0.39 is 0 Å². The van der Waals surface area contributed by atoms with Crippen molar-refractivity contribution in [2.75, 3.05) is 0 Å². The van der Waals surface area contributed by atoms with Crippen molar-refractivity contribution in [3.8, 4) is 0 Å². The molecule has 0 saturated heterocycles. The van der Waals surface area contributed by atoms with Crippen LogP contribution in [0.15, 0.2) is 55.1 Å². The van der Waals surface area contributed by atoms with Crippen LogP contribution in [-0.4, -0.2) is 0 Å². The summed E-state index contributed by atoms with van der Waals surface area (Å²) in [5, 5.41) is 0. The van der Waals surface area contributed by atoms with Crippen LogP contribution in [-0.2, 0) is 0 Å². The lowest BCUT2D eigenvalue weighted by Crippen LogP contribution is -1.99. The van der Waals surface area contributed by atoms with Crippen molar-refractivity contribution in [3.05, 3.63) is 88.5 Å². The minimum Gasteiger partial charge on any atom is -0.399 e. The molecule has 24 heavy (non-hydrogen) atoms. The third kappa shape index (κ3) is 3.68. The fourth-order valence-electron chi connectivity index (χ4n) is 3.02. The lowest BCUT2D eigenvalue weighted by atomic mass is 9.90. The molecule has 0 aliphatic rings. The van der Waals surface area contributed by atoms with Crippen molar-refractivity contribution in [3.63, 3.8) is 0 Å². The highest BCUT2D eigenvalue weighted by molar-refractivity contribution is 5.96. The first-order valence-electron chi connectivity index (χ1n) is 8.32. The molecule has 0 heterocycles. The number of aryl methyl sites for hydroxylation is 3. The van der Waals surface area contributed by atoms with Gasteiger partial charge in [0.15, 0.2) is 0 Å². The van der Waals surface area contributed by atoms with E-state index in [1.165, 1.54) is 33.4 Å². The van der Waals surface area contributed by atoms with Crippen LogP contribution in [0.25, 0.3) is 16.8 Å². The van der Waals surface area contributed by atoms with Gasteiger partial charge in [0.2, 0.25) is 0 Å². The molecule has 2 N–H and O–H groups in total. The van der Waals surface area contributed by atoms with Crippen molar-refractivity contribution in [1.82, 2.24) is 0 Å². The topological polar surface area (TPSA) is 26.0 Å². The summed E-state index contributed by atoms with van der Waals surface area (Å²) in [6.07, 6.45) is 4.26. The van der Waals surface area contributed by atoms with Gasteiger partial charge in [0.1, 0.15) is 0 Å². The van der Waals surface area contributed by atoms with Crippen LogP contribution in [0.3, 0.4) is 0 Å². The van der Waals surface area contributed by atoms with Crippen LogP contribution < -0.4 is 5.73 Å². The zero-order valence-electron chi connectivity index (χ0n) is 15.4. The molecule has 0 spiro atoms. The third-order valence-corrected chi connectivity index (χ3v) is 4.43. The average molecular weight is 317 g/mol. The van der Waals surface area contributed by atoms with Gasteiger partial charge in [-0.2, -0.15) is 0 Å². The summed E-state index contributed by atoms with van der Waals surface area (Å²) < 4.78 is 0. The summed E-state index contributed by atoms with van der Waals surface area (Å²) in [6.45, 7) is 14.5. The molecule has 2 rings (SSSR count). The monoisotopic (exact) mass is 317 g/mol. The van der Waals surface area contributed by atoms with Crippen molar-refractivity contribution < 1.29 is 0 Å². The SMILES string of the molecule is C=C(N)c1cc(C(/C=C\C)=C(/C)c2cc(C)ccc2C)ccc1C. The van der Waals surface area contributed by atoms with Gasteiger partial charge in [-0.25, -0.2) is 0 Å².